The van der Waals surface area contributed by atoms with Crippen LogP contribution in [0.25, 0.3) is 11.3 Å². The van der Waals surface area contributed by atoms with Gasteiger partial charge in [-0.15, -0.1) is 0 Å². The number of aromatic nitrogens is 2. The van der Waals surface area contributed by atoms with Gasteiger partial charge in [0.15, 0.2) is 0 Å². The molecule has 2 aliphatic heterocycles. The topological polar surface area (TPSA) is 108 Å². The number of ether oxygens (including phenoxy) is 1. The van der Waals surface area contributed by atoms with Crippen molar-refractivity contribution in [1.29, 1.82) is 0 Å². The molecule has 0 amide bonds. The highest BCUT2D eigenvalue weighted by Gasteiger charge is 2.22. The third-order valence-electron chi connectivity index (χ3n) is 7.24. The lowest BCUT2D eigenvalue weighted by Gasteiger charge is -2.36. The molecule has 1 aromatic heterocycles. The molecular weight excluding hydrogens is 480 g/mol. The summed E-state index contributed by atoms with van der Waals surface area (Å²) in [6.07, 6.45) is 2.47. The van der Waals surface area contributed by atoms with Crippen molar-refractivity contribution < 1.29 is 14.6 Å². The predicted octanol–water partition coefficient (Wildman–Crippen LogP) is 2.23. The second-order valence-electron chi connectivity index (χ2n) is 9.95. The van der Waals surface area contributed by atoms with Crippen LogP contribution in [0.5, 0.6) is 0 Å². The lowest BCUT2D eigenvalue weighted by atomic mass is 10.0. The van der Waals surface area contributed by atoms with Crippen LogP contribution < -0.4 is 10.6 Å². The minimum atomic E-state index is -0.765. The molecule has 0 bridgehead atoms. The molecule has 5 rings (SSSR count). The largest absolute Gasteiger partial charge is 0.480 e. The standard InChI is InChI=1S/C29H36N6O3/c30-19-23-2-1-3-24(17-23)26-6-7-31-28(32-26)18-22-4-5-27(35-12-14-38-15-13-35)25(16-22)20-33-8-10-34(11-9-33)21-29(36)37/h1-7,16-17H,8-15,18-21,30H2,(H,36,37). The van der Waals surface area contributed by atoms with Gasteiger partial charge in [-0.05, 0) is 34.9 Å². The predicted molar refractivity (Wildman–Crippen MR) is 147 cm³/mol. The zero-order valence-corrected chi connectivity index (χ0v) is 21.8. The maximum atomic E-state index is 11.1. The zero-order chi connectivity index (χ0) is 26.3. The van der Waals surface area contributed by atoms with Gasteiger partial charge in [0.1, 0.15) is 5.82 Å². The molecule has 0 atom stereocenters. The lowest BCUT2D eigenvalue weighted by Crippen LogP contribution is -2.47. The van der Waals surface area contributed by atoms with E-state index in [1.54, 1.807) is 0 Å². The van der Waals surface area contributed by atoms with Crippen LogP contribution in [0.1, 0.15) is 22.5 Å². The Hall–Kier alpha value is -3.37. The molecule has 38 heavy (non-hydrogen) atoms. The minimum Gasteiger partial charge on any atom is -0.480 e. The van der Waals surface area contributed by atoms with E-state index in [-0.39, 0.29) is 6.54 Å². The smallest absolute Gasteiger partial charge is 0.317 e. The van der Waals surface area contributed by atoms with Crippen molar-refractivity contribution in [2.75, 3.05) is 63.9 Å². The van der Waals surface area contributed by atoms with E-state index in [0.717, 1.165) is 81.7 Å². The Labute approximate surface area is 223 Å². The van der Waals surface area contributed by atoms with Gasteiger partial charge in [-0.2, -0.15) is 0 Å². The van der Waals surface area contributed by atoms with E-state index < -0.39 is 5.97 Å². The van der Waals surface area contributed by atoms with E-state index in [4.69, 9.17) is 20.6 Å². The summed E-state index contributed by atoms with van der Waals surface area (Å²) in [6, 6.07) is 16.8. The highest BCUT2D eigenvalue weighted by atomic mass is 16.5. The first-order chi connectivity index (χ1) is 18.6. The number of nitrogens with zero attached hydrogens (tertiary/aromatic N) is 5. The molecule has 200 valence electrons. The first-order valence-electron chi connectivity index (χ1n) is 13.3. The number of carboxylic acids is 1. The van der Waals surface area contributed by atoms with Crippen molar-refractivity contribution in [3.63, 3.8) is 0 Å². The molecule has 0 spiro atoms. The van der Waals surface area contributed by atoms with Crippen LogP contribution in [0, 0.1) is 0 Å². The summed E-state index contributed by atoms with van der Waals surface area (Å²) in [5.74, 6) is 0.0205. The highest BCUT2D eigenvalue weighted by molar-refractivity contribution is 5.69. The number of morpholine rings is 1. The van der Waals surface area contributed by atoms with Gasteiger partial charge < -0.3 is 20.5 Å². The Morgan fingerprint density at radius 2 is 1.74 bits per heavy atom. The number of carboxylic acid groups (broad SMARTS) is 1. The van der Waals surface area contributed by atoms with Crippen molar-refractivity contribution in [2.45, 2.75) is 19.5 Å². The molecule has 2 saturated heterocycles. The second-order valence-corrected chi connectivity index (χ2v) is 9.95. The number of nitrogens with two attached hydrogens (primary N) is 1. The van der Waals surface area contributed by atoms with Crippen LogP contribution in [0.4, 0.5) is 5.69 Å². The fraction of sp³-hybridized carbons (Fsp3) is 0.414. The molecule has 9 heteroatoms. The molecule has 3 heterocycles. The SMILES string of the molecule is NCc1cccc(-c2ccnc(Cc3ccc(N4CCOCC4)c(CN4CCN(CC(=O)O)CC4)c3)n2)c1. The highest BCUT2D eigenvalue weighted by Crippen LogP contribution is 2.26. The second kappa shape index (κ2) is 12.4. The van der Waals surface area contributed by atoms with Crippen LogP contribution in [-0.4, -0.2) is 89.9 Å². The molecule has 3 N–H and O–H groups in total. The van der Waals surface area contributed by atoms with Gasteiger partial charge in [0, 0.05) is 76.2 Å². The summed E-state index contributed by atoms with van der Waals surface area (Å²) < 4.78 is 5.59. The Bertz CT molecular complexity index is 1240. The number of carbonyl (C=O) groups is 1. The molecule has 9 nitrogen and oxygen atoms in total. The average molecular weight is 517 g/mol. The number of hydrogen-bond donors (Lipinski definition) is 2. The number of anilines is 1. The van der Waals surface area contributed by atoms with E-state index in [0.29, 0.717) is 13.0 Å². The van der Waals surface area contributed by atoms with Crippen LogP contribution in [0.3, 0.4) is 0 Å². The van der Waals surface area contributed by atoms with Crippen molar-refractivity contribution in [3.8, 4) is 11.3 Å². The lowest BCUT2D eigenvalue weighted by molar-refractivity contribution is -0.138. The van der Waals surface area contributed by atoms with E-state index in [2.05, 4.69) is 45.1 Å². The number of rotatable bonds is 9. The Kier molecular flexibility index (Phi) is 8.60. The molecule has 2 aliphatic rings. The van der Waals surface area contributed by atoms with Crippen molar-refractivity contribution >= 4 is 11.7 Å². The first-order valence-corrected chi connectivity index (χ1v) is 13.3. The van der Waals surface area contributed by atoms with Gasteiger partial charge in [0.05, 0.1) is 25.5 Å². The Morgan fingerprint density at radius 1 is 0.947 bits per heavy atom. The fourth-order valence-electron chi connectivity index (χ4n) is 5.21. The van der Waals surface area contributed by atoms with Gasteiger partial charge in [-0.25, -0.2) is 9.97 Å². The number of aliphatic carboxylic acids is 1. The summed E-state index contributed by atoms with van der Waals surface area (Å²) in [5.41, 5.74) is 12.6. The number of piperazine rings is 1. The molecule has 2 fully saturated rings. The minimum absolute atomic E-state index is 0.109. The third-order valence-corrected chi connectivity index (χ3v) is 7.24. The normalized spacial score (nSPS) is 17.0. The summed E-state index contributed by atoms with van der Waals surface area (Å²) in [7, 11) is 0. The zero-order valence-electron chi connectivity index (χ0n) is 21.8. The van der Waals surface area contributed by atoms with Gasteiger partial charge >= 0.3 is 5.97 Å². The van der Waals surface area contributed by atoms with E-state index in [9.17, 15) is 4.79 Å². The Balaban J connectivity index is 1.34. The van der Waals surface area contributed by atoms with E-state index in [1.165, 1.54) is 16.8 Å². The molecular formula is C29H36N6O3. The van der Waals surface area contributed by atoms with Crippen LogP contribution in [0.15, 0.2) is 54.7 Å². The summed E-state index contributed by atoms with van der Waals surface area (Å²) >= 11 is 0. The number of hydrogen-bond acceptors (Lipinski definition) is 8. The van der Waals surface area contributed by atoms with E-state index in [1.807, 2.05) is 29.3 Å². The van der Waals surface area contributed by atoms with Crippen LogP contribution >= 0.6 is 0 Å². The quantitative estimate of drug-likeness (QED) is 0.443. The monoisotopic (exact) mass is 516 g/mol. The molecule has 0 unspecified atom stereocenters. The maximum Gasteiger partial charge on any atom is 0.317 e. The Morgan fingerprint density at radius 3 is 2.50 bits per heavy atom. The van der Waals surface area contributed by atoms with Gasteiger partial charge in [0.25, 0.3) is 0 Å². The third kappa shape index (κ3) is 6.73. The van der Waals surface area contributed by atoms with Crippen LogP contribution in [0.2, 0.25) is 0 Å². The van der Waals surface area contributed by atoms with Gasteiger partial charge in [0.2, 0.25) is 0 Å². The molecule has 0 radical (unpaired) electrons. The van der Waals surface area contributed by atoms with E-state index >= 15 is 0 Å². The maximum absolute atomic E-state index is 11.1. The molecule has 3 aromatic rings. The number of benzene rings is 2. The van der Waals surface area contributed by atoms with Gasteiger partial charge in [-0.1, -0.05) is 30.3 Å². The van der Waals surface area contributed by atoms with Crippen molar-refractivity contribution in [2.24, 2.45) is 5.73 Å². The average Bonchev–Trinajstić information content (AvgIpc) is 2.95. The molecule has 2 aromatic carbocycles. The molecule has 0 saturated carbocycles. The van der Waals surface area contributed by atoms with Crippen LogP contribution in [-0.2, 0) is 29.0 Å². The fourth-order valence-corrected chi connectivity index (χ4v) is 5.21. The summed E-state index contributed by atoms with van der Waals surface area (Å²) in [5, 5.41) is 9.12. The van der Waals surface area contributed by atoms with Gasteiger partial charge in [-0.3, -0.25) is 14.6 Å². The van der Waals surface area contributed by atoms with Crippen molar-refractivity contribution in [3.05, 3.63) is 77.2 Å². The first kappa shape index (κ1) is 26.2. The molecule has 0 aliphatic carbocycles. The van der Waals surface area contributed by atoms with Crippen molar-refractivity contribution in [1.82, 2.24) is 19.8 Å². The summed E-state index contributed by atoms with van der Waals surface area (Å²) in [6.45, 7) is 7.92. The summed E-state index contributed by atoms with van der Waals surface area (Å²) in [4.78, 5) is 27.4.